The van der Waals surface area contributed by atoms with Crippen molar-refractivity contribution in [3.63, 3.8) is 0 Å². The molecule has 0 saturated heterocycles. The van der Waals surface area contributed by atoms with E-state index in [1.54, 1.807) is 11.8 Å². The van der Waals surface area contributed by atoms with Crippen LogP contribution in [0, 0.1) is 0 Å². The Balaban J connectivity index is 2.20. The van der Waals surface area contributed by atoms with Crippen LogP contribution in [-0.2, 0) is 9.53 Å². The van der Waals surface area contributed by atoms with E-state index in [4.69, 9.17) is 4.74 Å². The van der Waals surface area contributed by atoms with Gasteiger partial charge in [-0.15, -0.1) is 10.2 Å². The molecule has 0 N–H and O–H groups in total. The van der Waals surface area contributed by atoms with Crippen LogP contribution in [0.1, 0.15) is 19.8 Å². The topological polar surface area (TPSA) is 52.1 Å². The highest BCUT2D eigenvalue weighted by atomic mass is 32.2. The Morgan fingerprint density at radius 1 is 1.44 bits per heavy atom. The first-order valence-corrected chi connectivity index (χ1v) is 7.95. The molecule has 0 fully saturated rings. The Hall–Kier alpha value is -0.270. The van der Waals surface area contributed by atoms with E-state index in [2.05, 4.69) is 17.1 Å². The van der Waals surface area contributed by atoms with Crippen LogP contribution < -0.4 is 0 Å². The number of hydrogen-bond donors (Lipinski definition) is 0. The lowest BCUT2D eigenvalue weighted by atomic mass is 10.4. The molecule has 0 aliphatic carbocycles. The Bertz CT molecular complexity index is 330. The van der Waals surface area contributed by atoms with Gasteiger partial charge in [0.25, 0.3) is 0 Å². The van der Waals surface area contributed by atoms with Gasteiger partial charge in [-0.05, 0) is 12.7 Å². The third-order valence-corrected chi connectivity index (χ3v) is 4.64. The molecule has 1 aromatic rings. The van der Waals surface area contributed by atoms with Gasteiger partial charge in [-0.3, -0.25) is 4.79 Å². The largest absolute Gasteiger partial charge is 0.465 e. The second kappa shape index (κ2) is 7.92. The Labute approximate surface area is 108 Å². The van der Waals surface area contributed by atoms with Gasteiger partial charge in [0.15, 0.2) is 8.68 Å². The number of rotatable bonds is 7. The number of unbranched alkanes of at least 4 members (excludes halogenated alkanes) is 1. The molecule has 90 valence electrons. The van der Waals surface area contributed by atoms with Crippen LogP contribution in [0.3, 0.4) is 0 Å². The third kappa shape index (κ3) is 5.18. The molecule has 0 aliphatic heterocycles. The SMILES string of the molecule is CCCCOC(=O)CSc1nnc(SC)s1. The molecule has 0 spiro atoms. The highest BCUT2D eigenvalue weighted by molar-refractivity contribution is 8.03. The third-order valence-electron chi connectivity index (χ3n) is 1.64. The van der Waals surface area contributed by atoms with Crippen LogP contribution in [0.2, 0.25) is 0 Å². The smallest absolute Gasteiger partial charge is 0.316 e. The van der Waals surface area contributed by atoms with Crippen molar-refractivity contribution in [3.05, 3.63) is 0 Å². The van der Waals surface area contributed by atoms with Gasteiger partial charge in [0.1, 0.15) is 0 Å². The van der Waals surface area contributed by atoms with Gasteiger partial charge in [-0.25, -0.2) is 0 Å². The quantitative estimate of drug-likeness (QED) is 0.434. The predicted molar refractivity (Wildman–Crippen MR) is 68.3 cm³/mol. The minimum absolute atomic E-state index is 0.181. The molecule has 1 heterocycles. The summed E-state index contributed by atoms with van der Waals surface area (Å²) in [6.45, 7) is 2.58. The first-order chi connectivity index (χ1) is 7.76. The molecular formula is C9H14N2O2S3. The number of hydrogen-bond acceptors (Lipinski definition) is 7. The molecule has 0 saturated carbocycles. The Morgan fingerprint density at radius 2 is 2.19 bits per heavy atom. The van der Waals surface area contributed by atoms with E-state index >= 15 is 0 Å². The fraction of sp³-hybridized carbons (Fsp3) is 0.667. The van der Waals surface area contributed by atoms with Crippen molar-refractivity contribution in [2.24, 2.45) is 0 Å². The summed E-state index contributed by atoms with van der Waals surface area (Å²) < 4.78 is 6.76. The van der Waals surface area contributed by atoms with Crippen LogP contribution in [0.4, 0.5) is 0 Å². The van der Waals surface area contributed by atoms with E-state index in [9.17, 15) is 4.79 Å². The Kier molecular flexibility index (Phi) is 6.82. The summed E-state index contributed by atoms with van der Waals surface area (Å²) in [7, 11) is 0. The standard InChI is InChI=1S/C9H14N2O2S3/c1-3-4-5-13-7(12)6-15-9-11-10-8(14-2)16-9/h3-6H2,1-2H3. The van der Waals surface area contributed by atoms with E-state index in [1.165, 1.54) is 23.1 Å². The van der Waals surface area contributed by atoms with Crippen LogP contribution in [-0.4, -0.2) is 34.8 Å². The molecule has 0 unspecified atom stereocenters. The van der Waals surface area contributed by atoms with Crippen molar-refractivity contribution in [1.82, 2.24) is 10.2 Å². The zero-order valence-corrected chi connectivity index (χ0v) is 11.7. The average molecular weight is 278 g/mol. The first-order valence-electron chi connectivity index (χ1n) is 4.92. The fourth-order valence-corrected chi connectivity index (χ4v) is 3.07. The minimum Gasteiger partial charge on any atom is -0.465 e. The van der Waals surface area contributed by atoms with Crippen molar-refractivity contribution in [3.8, 4) is 0 Å². The van der Waals surface area contributed by atoms with Gasteiger partial charge in [-0.2, -0.15) is 0 Å². The summed E-state index contributed by atoms with van der Waals surface area (Å²) >= 11 is 4.44. The van der Waals surface area contributed by atoms with Gasteiger partial charge >= 0.3 is 5.97 Å². The molecule has 4 nitrogen and oxygen atoms in total. The van der Waals surface area contributed by atoms with Crippen LogP contribution >= 0.6 is 34.9 Å². The summed E-state index contributed by atoms with van der Waals surface area (Å²) in [5, 5.41) is 7.90. The van der Waals surface area contributed by atoms with Crippen molar-refractivity contribution in [2.45, 2.75) is 28.4 Å². The lowest BCUT2D eigenvalue weighted by Crippen LogP contribution is -2.08. The molecule has 0 aliphatic rings. The summed E-state index contributed by atoms with van der Waals surface area (Å²) in [4.78, 5) is 11.3. The monoisotopic (exact) mass is 278 g/mol. The van der Waals surface area contributed by atoms with Crippen molar-refractivity contribution in [1.29, 1.82) is 0 Å². The molecular weight excluding hydrogens is 264 g/mol. The zero-order valence-electron chi connectivity index (χ0n) is 9.26. The highest BCUT2D eigenvalue weighted by Gasteiger charge is 2.08. The van der Waals surface area contributed by atoms with E-state index in [-0.39, 0.29) is 5.97 Å². The van der Waals surface area contributed by atoms with Gasteiger partial charge < -0.3 is 4.74 Å². The number of ether oxygens (including phenoxy) is 1. The lowest BCUT2D eigenvalue weighted by Gasteiger charge is -2.01. The van der Waals surface area contributed by atoms with Gasteiger partial charge in [-0.1, -0.05) is 48.2 Å². The normalized spacial score (nSPS) is 10.4. The minimum atomic E-state index is -0.181. The van der Waals surface area contributed by atoms with Crippen molar-refractivity contribution in [2.75, 3.05) is 18.6 Å². The highest BCUT2D eigenvalue weighted by Crippen LogP contribution is 2.27. The lowest BCUT2D eigenvalue weighted by molar-refractivity contribution is -0.140. The molecule has 1 rings (SSSR count). The average Bonchev–Trinajstić information content (AvgIpc) is 2.74. The summed E-state index contributed by atoms with van der Waals surface area (Å²) in [5.74, 6) is 0.131. The maximum atomic E-state index is 11.3. The second-order valence-corrected chi connectivity index (χ2v) is 6.15. The van der Waals surface area contributed by atoms with Crippen LogP contribution in [0.5, 0.6) is 0 Å². The molecule has 7 heteroatoms. The summed E-state index contributed by atoms with van der Waals surface area (Å²) in [5.41, 5.74) is 0. The number of carbonyl (C=O) groups excluding carboxylic acids is 1. The molecule has 0 radical (unpaired) electrons. The second-order valence-electron chi connectivity index (χ2n) is 2.90. The van der Waals surface area contributed by atoms with E-state index in [0.717, 1.165) is 21.5 Å². The maximum Gasteiger partial charge on any atom is 0.316 e. The van der Waals surface area contributed by atoms with Crippen molar-refractivity contribution < 1.29 is 9.53 Å². The van der Waals surface area contributed by atoms with Crippen LogP contribution in [0.25, 0.3) is 0 Å². The zero-order chi connectivity index (χ0) is 11.8. The van der Waals surface area contributed by atoms with Gasteiger partial charge in [0.2, 0.25) is 0 Å². The van der Waals surface area contributed by atoms with Crippen molar-refractivity contribution >= 4 is 40.8 Å². The molecule has 1 aromatic heterocycles. The summed E-state index contributed by atoms with van der Waals surface area (Å²) in [6, 6.07) is 0. The maximum absolute atomic E-state index is 11.3. The molecule has 0 atom stereocenters. The first kappa shape index (κ1) is 13.8. The number of thioether (sulfide) groups is 2. The van der Waals surface area contributed by atoms with E-state index < -0.39 is 0 Å². The number of carbonyl (C=O) groups is 1. The molecule has 0 bridgehead atoms. The fourth-order valence-electron chi connectivity index (χ4n) is 0.831. The molecule has 0 aromatic carbocycles. The van der Waals surface area contributed by atoms with E-state index in [1.807, 2.05) is 6.26 Å². The molecule has 16 heavy (non-hydrogen) atoms. The van der Waals surface area contributed by atoms with Gasteiger partial charge in [0, 0.05) is 0 Å². The van der Waals surface area contributed by atoms with Crippen LogP contribution in [0.15, 0.2) is 8.68 Å². The summed E-state index contributed by atoms with van der Waals surface area (Å²) in [6.07, 6.45) is 3.91. The number of aromatic nitrogens is 2. The Morgan fingerprint density at radius 3 is 2.81 bits per heavy atom. The number of nitrogens with zero attached hydrogens (tertiary/aromatic N) is 2. The van der Waals surface area contributed by atoms with Gasteiger partial charge in [0.05, 0.1) is 12.4 Å². The molecule has 0 amide bonds. The van der Waals surface area contributed by atoms with E-state index in [0.29, 0.717) is 12.4 Å². The predicted octanol–water partition coefficient (Wildman–Crippen LogP) is 2.70. The number of esters is 1.